The van der Waals surface area contributed by atoms with Gasteiger partial charge in [0.05, 0.1) is 0 Å². The Morgan fingerprint density at radius 1 is 1.35 bits per heavy atom. The van der Waals surface area contributed by atoms with Crippen molar-refractivity contribution in [2.45, 2.75) is 44.4 Å². The average molecular weight is 249 g/mol. The Morgan fingerprint density at radius 2 is 2.18 bits per heavy atom. The fraction of sp³-hybridized carbons (Fsp3) is 0.600. The first-order chi connectivity index (χ1) is 8.15. The molecule has 1 saturated heterocycles. The molecule has 1 unspecified atom stereocenters. The minimum absolute atomic E-state index is 0.621. The van der Waals surface area contributed by atoms with E-state index >= 15 is 0 Å². The van der Waals surface area contributed by atoms with E-state index in [0.717, 1.165) is 5.92 Å². The Hall–Kier alpha value is -0.470. The lowest BCUT2D eigenvalue weighted by Gasteiger charge is -2.29. The van der Waals surface area contributed by atoms with E-state index in [1.807, 2.05) is 11.9 Å². The van der Waals surface area contributed by atoms with E-state index in [1.165, 1.54) is 36.4 Å². The molecule has 2 heteroatoms. The van der Waals surface area contributed by atoms with E-state index in [1.54, 1.807) is 0 Å². The predicted octanol–water partition coefficient (Wildman–Crippen LogP) is 4.55. The monoisotopic (exact) mass is 249 g/mol. The number of rotatable bonds is 3. The molecular weight excluding hydrogens is 226 g/mol. The highest BCUT2D eigenvalue weighted by atomic mass is 32.2. The minimum atomic E-state index is 0.621. The molecule has 17 heavy (non-hydrogen) atoms. The van der Waals surface area contributed by atoms with Crippen molar-refractivity contribution in [3.8, 4) is 0 Å². The van der Waals surface area contributed by atoms with Crippen molar-refractivity contribution in [2.24, 2.45) is 5.92 Å². The highest BCUT2D eigenvalue weighted by Crippen LogP contribution is 2.29. The molecule has 2 rings (SSSR count). The molecule has 1 aliphatic rings. The summed E-state index contributed by atoms with van der Waals surface area (Å²) in [6.45, 7) is 9.34. The van der Waals surface area contributed by atoms with Crippen molar-refractivity contribution in [1.82, 2.24) is 4.31 Å². The first-order valence-electron chi connectivity index (χ1n) is 6.68. The second kappa shape index (κ2) is 5.92. The van der Waals surface area contributed by atoms with Crippen LogP contribution in [0.15, 0.2) is 29.2 Å². The molecule has 0 N–H and O–H groups in total. The van der Waals surface area contributed by atoms with Crippen LogP contribution in [-0.4, -0.2) is 17.4 Å². The molecule has 1 aromatic rings. The van der Waals surface area contributed by atoms with Gasteiger partial charge in [-0.15, -0.1) is 0 Å². The van der Waals surface area contributed by atoms with Crippen molar-refractivity contribution < 1.29 is 0 Å². The number of benzene rings is 1. The molecule has 0 bridgehead atoms. The predicted molar refractivity (Wildman–Crippen MR) is 76.4 cm³/mol. The Kier molecular flexibility index (Phi) is 4.52. The van der Waals surface area contributed by atoms with Gasteiger partial charge in [0.1, 0.15) is 0 Å². The van der Waals surface area contributed by atoms with Crippen molar-refractivity contribution >= 4 is 11.9 Å². The summed E-state index contributed by atoms with van der Waals surface area (Å²) in [5, 5.41) is 0. The summed E-state index contributed by atoms with van der Waals surface area (Å²) >= 11 is 1.93. The molecule has 1 aromatic carbocycles. The zero-order chi connectivity index (χ0) is 12.3. The van der Waals surface area contributed by atoms with E-state index in [-0.39, 0.29) is 0 Å². The molecule has 0 radical (unpaired) electrons. The van der Waals surface area contributed by atoms with E-state index in [9.17, 15) is 0 Å². The minimum Gasteiger partial charge on any atom is -0.246 e. The number of piperidine rings is 1. The van der Waals surface area contributed by atoms with Crippen molar-refractivity contribution in [3.63, 3.8) is 0 Å². The Balaban J connectivity index is 2.00. The maximum Gasteiger partial charge on any atom is 0.0233 e. The summed E-state index contributed by atoms with van der Waals surface area (Å²) in [7, 11) is 0. The van der Waals surface area contributed by atoms with E-state index in [4.69, 9.17) is 0 Å². The fourth-order valence-electron chi connectivity index (χ4n) is 2.31. The van der Waals surface area contributed by atoms with Gasteiger partial charge in [-0.3, -0.25) is 0 Å². The standard InChI is InChI=1S/C15H23NS/c1-12(2)14-7-4-8-15(10-14)17-16-9-5-6-13(3)11-16/h4,7-8,10,12-13H,5-6,9,11H2,1-3H3. The Bertz CT molecular complexity index is 362. The maximum absolute atomic E-state index is 2.52. The summed E-state index contributed by atoms with van der Waals surface area (Å²) < 4.78 is 2.52. The molecule has 1 fully saturated rings. The van der Waals surface area contributed by atoms with Gasteiger partial charge in [0, 0.05) is 18.0 Å². The third kappa shape index (κ3) is 3.75. The van der Waals surface area contributed by atoms with E-state index in [0.29, 0.717) is 5.92 Å². The van der Waals surface area contributed by atoms with Gasteiger partial charge in [0.2, 0.25) is 0 Å². The van der Waals surface area contributed by atoms with Crippen molar-refractivity contribution in [2.75, 3.05) is 13.1 Å². The molecule has 1 heterocycles. The molecule has 94 valence electrons. The van der Waals surface area contributed by atoms with Crippen molar-refractivity contribution in [3.05, 3.63) is 29.8 Å². The summed E-state index contributed by atoms with van der Waals surface area (Å²) in [6, 6.07) is 8.99. The maximum atomic E-state index is 2.52. The summed E-state index contributed by atoms with van der Waals surface area (Å²) in [4.78, 5) is 1.39. The van der Waals surface area contributed by atoms with Gasteiger partial charge < -0.3 is 0 Å². The average Bonchev–Trinajstić information content (AvgIpc) is 2.29. The van der Waals surface area contributed by atoms with E-state index in [2.05, 4.69) is 49.3 Å². The van der Waals surface area contributed by atoms with Crippen LogP contribution in [0.25, 0.3) is 0 Å². The molecule has 0 aromatic heterocycles. The zero-order valence-corrected chi connectivity index (χ0v) is 12.0. The van der Waals surface area contributed by atoms with Crippen LogP contribution in [0.1, 0.15) is 45.1 Å². The molecule has 0 amide bonds. The third-order valence-electron chi connectivity index (χ3n) is 3.38. The lowest BCUT2D eigenvalue weighted by atomic mass is 10.0. The second-order valence-corrected chi connectivity index (χ2v) is 6.62. The van der Waals surface area contributed by atoms with Gasteiger partial charge in [-0.2, -0.15) is 0 Å². The number of nitrogens with zero attached hydrogens (tertiary/aromatic N) is 1. The highest BCUT2D eigenvalue weighted by Gasteiger charge is 2.17. The Morgan fingerprint density at radius 3 is 2.88 bits per heavy atom. The Labute approximate surface area is 110 Å². The molecule has 0 spiro atoms. The smallest absolute Gasteiger partial charge is 0.0233 e. The fourth-order valence-corrected chi connectivity index (χ4v) is 3.48. The molecule has 1 atom stereocenters. The van der Waals surface area contributed by atoms with Crippen LogP contribution < -0.4 is 0 Å². The molecule has 1 aliphatic heterocycles. The lowest BCUT2D eigenvalue weighted by molar-refractivity contribution is 0.302. The van der Waals surface area contributed by atoms with Crippen molar-refractivity contribution in [1.29, 1.82) is 0 Å². The number of hydrogen-bond donors (Lipinski definition) is 0. The van der Waals surface area contributed by atoms with Gasteiger partial charge >= 0.3 is 0 Å². The van der Waals surface area contributed by atoms with Gasteiger partial charge in [-0.25, -0.2) is 4.31 Å². The SMILES string of the molecule is CC1CCCN(Sc2cccc(C(C)C)c2)C1. The normalized spacial score (nSPS) is 22.0. The van der Waals surface area contributed by atoms with Crippen LogP contribution in [0, 0.1) is 5.92 Å². The van der Waals surface area contributed by atoms with Crippen LogP contribution in [0.3, 0.4) is 0 Å². The third-order valence-corrected chi connectivity index (χ3v) is 4.43. The molecule has 0 saturated carbocycles. The zero-order valence-electron chi connectivity index (χ0n) is 11.1. The van der Waals surface area contributed by atoms with Gasteiger partial charge in [0.15, 0.2) is 0 Å². The highest BCUT2D eigenvalue weighted by molar-refractivity contribution is 7.97. The van der Waals surface area contributed by atoms with E-state index < -0.39 is 0 Å². The second-order valence-electron chi connectivity index (χ2n) is 5.45. The van der Waals surface area contributed by atoms with Crippen LogP contribution in [0.4, 0.5) is 0 Å². The van der Waals surface area contributed by atoms with Crippen LogP contribution in [0.2, 0.25) is 0 Å². The topological polar surface area (TPSA) is 3.24 Å². The van der Waals surface area contributed by atoms with Gasteiger partial charge in [-0.05, 0) is 54.3 Å². The van der Waals surface area contributed by atoms with Crippen LogP contribution in [-0.2, 0) is 0 Å². The van der Waals surface area contributed by atoms with Crippen LogP contribution >= 0.6 is 11.9 Å². The summed E-state index contributed by atoms with van der Waals surface area (Å²) in [5.41, 5.74) is 1.44. The summed E-state index contributed by atoms with van der Waals surface area (Å²) in [5.74, 6) is 1.47. The lowest BCUT2D eigenvalue weighted by Crippen LogP contribution is -2.28. The molecular formula is C15H23NS. The molecule has 1 nitrogen and oxygen atoms in total. The first-order valence-corrected chi connectivity index (χ1v) is 7.45. The van der Waals surface area contributed by atoms with Gasteiger partial charge in [-0.1, -0.05) is 32.9 Å². The van der Waals surface area contributed by atoms with Gasteiger partial charge in [0.25, 0.3) is 0 Å². The first kappa shape index (κ1) is 13.0. The largest absolute Gasteiger partial charge is 0.246 e. The number of hydrogen-bond acceptors (Lipinski definition) is 2. The molecule has 0 aliphatic carbocycles. The quantitative estimate of drug-likeness (QED) is 0.723. The van der Waals surface area contributed by atoms with Crippen LogP contribution in [0.5, 0.6) is 0 Å². The summed E-state index contributed by atoms with van der Waals surface area (Å²) in [6.07, 6.45) is 2.74.